The van der Waals surface area contributed by atoms with Crippen molar-refractivity contribution in [3.05, 3.63) is 20.6 Å². The van der Waals surface area contributed by atoms with Crippen LogP contribution in [0.25, 0.3) is 0 Å². The first-order chi connectivity index (χ1) is 8.79. The van der Waals surface area contributed by atoms with Gasteiger partial charge in [-0.2, -0.15) is 0 Å². The summed E-state index contributed by atoms with van der Waals surface area (Å²) < 4.78 is 31.7. The first kappa shape index (κ1) is 14.6. The van der Waals surface area contributed by atoms with Crippen molar-refractivity contribution in [2.45, 2.75) is 24.7 Å². The molecule has 10 heteroatoms. The summed E-state index contributed by atoms with van der Waals surface area (Å²) in [5, 5.41) is 7.33. The van der Waals surface area contributed by atoms with E-state index in [1.807, 2.05) is 13.8 Å². The SMILES string of the molecule is CC(C)c1nnc(NS(=O)(=O)c2cc(Cl)sc2Cl)o1. The molecule has 1 N–H and O–H groups in total. The molecule has 0 aliphatic rings. The third-order valence-electron chi connectivity index (χ3n) is 2.07. The third-order valence-corrected chi connectivity index (χ3v) is 5.14. The normalized spacial score (nSPS) is 12.1. The maximum absolute atomic E-state index is 12.0. The summed E-state index contributed by atoms with van der Waals surface area (Å²) in [6, 6.07) is 1.05. The van der Waals surface area contributed by atoms with Crippen molar-refractivity contribution in [2.75, 3.05) is 4.72 Å². The molecule has 6 nitrogen and oxygen atoms in total. The highest BCUT2D eigenvalue weighted by molar-refractivity contribution is 7.93. The summed E-state index contributed by atoms with van der Waals surface area (Å²) in [5.41, 5.74) is 0. The lowest BCUT2D eigenvalue weighted by Gasteiger charge is -2.02. The standard InChI is InChI=1S/C9H9Cl2N3O3S2/c1-4(2)8-12-13-9(17-8)14-19(15,16)5-3-6(10)18-7(5)11/h3-4H,1-2H3,(H,13,14). The van der Waals surface area contributed by atoms with Gasteiger partial charge in [0, 0.05) is 5.92 Å². The molecule has 0 saturated carbocycles. The van der Waals surface area contributed by atoms with Crippen LogP contribution in [0.15, 0.2) is 15.4 Å². The van der Waals surface area contributed by atoms with Crippen molar-refractivity contribution in [2.24, 2.45) is 0 Å². The summed E-state index contributed by atoms with van der Waals surface area (Å²) in [5.74, 6) is 0.345. The number of nitrogens with zero attached hydrogens (tertiary/aromatic N) is 2. The summed E-state index contributed by atoms with van der Waals surface area (Å²) >= 11 is 12.5. The highest BCUT2D eigenvalue weighted by Crippen LogP contribution is 2.35. The number of thiophene rings is 1. The maximum Gasteiger partial charge on any atom is 0.329 e. The zero-order chi connectivity index (χ0) is 14.2. The average molecular weight is 342 g/mol. The van der Waals surface area contributed by atoms with Crippen LogP contribution >= 0.6 is 34.5 Å². The van der Waals surface area contributed by atoms with Gasteiger partial charge < -0.3 is 4.42 Å². The zero-order valence-corrected chi connectivity index (χ0v) is 13.0. The van der Waals surface area contributed by atoms with Crippen LogP contribution in [0.2, 0.25) is 8.67 Å². The molecule has 0 fully saturated rings. The summed E-state index contributed by atoms with van der Waals surface area (Å²) in [4.78, 5) is -0.117. The highest BCUT2D eigenvalue weighted by Gasteiger charge is 2.23. The topological polar surface area (TPSA) is 85.1 Å². The van der Waals surface area contributed by atoms with Crippen molar-refractivity contribution in [3.8, 4) is 0 Å². The molecular formula is C9H9Cl2N3O3S2. The van der Waals surface area contributed by atoms with E-state index in [4.69, 9.17) is 27.6 Å². The van der Waals surface area contributed by atoms with Crippen LogP contribution in [-0.4, -0.2) is 18.6 Å². The number of sulfonamides is 1. The summed E-state index contributed by atoms with van der Waals surface area (Å²) in [6.07, 6.45) is 0. The fourth-order valence-electron chi connectivity index (χ4n) is 1.19. The Morgan fingerprint density at radius 1 is 1.37 bits per heavy atom. The van der Waals surface area contributed by atoms with Crippen LogP contribution < -0.4 is 4.72 Å². The van der Waals surface area contributed by atoms with Crippen molar-refractivity contribution < 1.29 is 12.8 Å². The number of rotatable bonds is 4. The molecule has 104 valence electrons. The molecule has 2 aromatic rings. The fraction of sp³-hybridized carbons (Fsp3) is 0.333. The van der Waals surface area contributed by atoms with Gasteiger partial charge in [0.15, 0.2) is 0 Å². The molecule has 19 heavy (non-hydrogen) atoms. The number of hydrogen-bond acceptors (Lipinski definition) is 6. The largest absolute Gasteiger partial charge is 0.407 e. The quantitative estimate of drug-likeness (QED) is 0.921. The number of nitrogens with one attached hydrogen (secondary N) is 1. The average Bonchev–Trinajstić information content (AvgIpc) is 2.85. The Hall–Kier alpha value is -0.830. The lowest BCUT2D eigenvalue weighted by atomic mass is 10.2. The van der Waals surface area contributed by atoms with E-state index in [2.05, 4.69) is 14.9 Å². The second kappa shape index (κ2) is 5.28. The zero-order valence-electron chi connectivity index (χ0n) is 9.85. The van der Waals surface area contributed by atoms with Crippen LogP contribution in [0.3, 0.4) is 0 Å². The number of halogens is 2. The van der Waals surface area contributed by atoms with Crippen LogP contribution in [0.5, 0.6) is 0 Å². The lowest BCUT2D eigenvalue weighted by Crippen LogP contribution is -2.12. The Labute approximate surface area is 123 Å². The van der Waals surface area contributed by atoms with E-state index >= 15 is 0 Å². The van der Waals surface area contributed by atoms with E-state index in [1.165, 1.54) is 6.07 Å². The Kier molecular flexibility index (Phi) is 4.05. The first-order valence-corrected chi connectivity index (χ1v) is 8.16. The Bertz CT molecular complexity index is 693. The van der Waals surface area contributed by atoms with E-state index in [0.29, 0.717) is 5.89 Å². The van der Waals surface area contributed by atoms with Gasteiger partial charge >= 0.3 is 6.01 Å². The van der Waals surface area contributed by atoms with E-state index in [-0.39, 0.29) is 25.5 Å². The van der Waals surface area contributed by atoms with Crippen molar-refractivity contribution >= 4 is 50.6 Å². The second-order valence-corrected chi connectivity index (χ2v) is 7.83. The minimum Gasteiger partial charge on any atom is -0.407 e. The van der Waals surface area contributed by atoms with Gasteiger partial charge in [-0.15, -0.1) is 16.4 Å². The lowest BCUT2D eigenvalue weighted by molar-refractivity contribution is 0.483. The van der Waals surface area contributed by atoms with Crippen LogP contribution in [0, 0.1) is 0 Å². The van der Waals surface area contributed by atoms with Crippen molar-refractivity contribution in [1.82, 2.24) is 10.2 Å². The monoisotopic (exact) mass is 341 g/mol. The third kappa shape index (κ3) is 3.19. The van der Waals surface area contributed by atoms with Gasteiger partial charge in [-0.25, -0.2) is 13.1 Å². The highest BCUT2D eigenvalue weighted by atomic mass is 35.5. The molecule has 2 rings (SSSR count). The van der Waals surface area contributed by atoms with E-state index < -0.39 is 10.0 Å². The second-order valence-electron chi connectivity index (χ2n) is 3.89. The first-order valence-electron chi connectivity index (χ1n) is 5.10. The molecule has 0 atom stereocenters. The predicted octanol–water partition coefficient (Wildman–Crippen LogP) is 3.36. The molecule has 0 radical (unpaired) electrons. The molecular weight excluding hydrogens is 333 g/mol. The molecule has 0 aliphatic carbocycles. The Morgan fingerprint density at radius 3 is 2.53 bits per heavy atom. The fourth-order valence-corrected chi connectivity index (χ4v) is 4.26. The molecule has 0 aliphatic heterocycles. The molecule has 0 spiro atoms. The van der Waals surface area contributed by atoms with Crippen molar-refractivity contribution in [1.29, 1.82) is 0 Å². The van der Waals surface area contributed by atoms with Crippen LogP contribution in [0.1, 0.15) is 25.7 Å². The van der Waals surface area contributed by atoms with Crippen molar-refractivity contribution in [3.63, 3.8) is 0 Å². The number of hydrogen-bond donors (Lipinski definition) is 1. The molecule has 2 heterocycles. The summed E-state index contributed by atoms with van der Waals surface area (Å²) in [6.45, 7) is 3.70. The maximum atomic E-state index is 12.0. The Balaban J connectivity index is 2.28. The van der Waals surface area contributed by atoms with Gasteiger partial charge in [-0.3, -0.25) is 0 Å². The van der Waals surface area contributed by atoms with Gasteiger partial charge in [0.2, 0.25) is 5.89 Å². The molecule has 0 aromatic carbocycles. The van der Waals surface area contributed by atoms with Gasteiger partial charge in [0.05, 0.1) is 4.34 Å². The molecule has 0 saturated heterocycles. The summed E-state index contributed by atoms with van der Waals surface area (Å²) in [7, 11) is -3.89. The van der Waals surface area contributed by atoms with Gasteiger partial charge in [0.1, 0.15) is 9.23 Å². The Morgan fingerprint density at radius 2 is 2.05 bits per heavy atom. The van der Waals surface area contributed by atoms with E-state index in [1.54, 1.807) is 0 Å². The molecule has 0 unspecified atom stereocenters. The van der Waals surface area contributed by atoms with Gasteiger partial charge in [-0.1, -0.05) is 42.1 Å². The predicted molar refractivity (Wildman–Crippen MR) is 73.5 cm³/mol. The molecule has 2 aromatic heterocycles. The van der Waals surface area contributed by atoms with E-state index in [9.17, 15) is 8.42 Å². The van der Waals surface area contributed by atoms with Gasteiger partial charge in [0.25, 0.3) is 10.0 Å². The van der Waals surface area contributed by atoms with Crippen LogP contribution in [0.4, 0.5) is 6.01 Å². The minimum atomic E-state index is -3.89. The smallest absolute Gasteiger partial charge is 0.329 e. The van der Waals surface area contributed by atoms with E-state index in [0.717, 1.165) is 11.3 Å². The molecule has 0 bridgehead atoms. The number of aromatic nitrogens is 2. The van der Waals surface area contributed by atoms with Crippen LogP contribution in [-0.2, 0) is 10.0 Å². The molecule has 0 amide bonds. The minimum absolute atomic E-state index is 0.00457. The van der Waals surface area contributed by atoms with Gasteiger partial charge in [-0.05, 0) is 6.07 Å². The number of anilines is 1.